The van der Waals surface area contributed by atoms with Gasteiger partial charge in [-0.2, -0.15) is 35.8 Å². The van der Waals surface area contributed by atoms with E-state index >= 15 is 0 Å². The summed E-state index contributed by atoms with van der Waals surface area (Å²) in [6, 6.07) is 3.22. The van der Waals surface area contributed by atoms with Crippen LogP contribution in [-0.2, 0) is 30.7 Å². The lowest BCUT2D eigenvalue weighted by molar-refractivity contribution is 0.482. The zero-order valence-corrected chi connectivity index (χ0v) is 14.0. The van der Waals surface area contributed by atoms with Crippen LogP contribution in [0.25, 0.3) is 0 Å². The van der Waals surface area contributed by atoms with Crippen LogP contribution >= 0.6 is 0 Å². The summed E-state index contributed by atoms with van der Waals surface area (Å²) in [6.45, 7) is 1.69. The number of nitrogens with zero attached hydrogens (tertiary/aromatic N) is 2. The molecular weight excluding hydrogens is 368 g/mol. The van der Waals surface area contributed by atoms with E-state index in [1.807, 2.05) is 0 Å². The van der Waals surface area contributed by atoms with Crippen LogP contribution in [-0.4, -0.2) is 45.3 Å². The Morgan fingerprint density at radius 1 is 1.00 bits per heavy atom. The second kappa shape index (κ2) is 9.02. The van der Waals surface area contributed by atoms with Gasteiger partial charge in [0.25, 0.3) is 10.1 Å². The van der Waals surface area contributed by atoms with Crippen LogP contribution in [0.15, 0.2) is 23.3 Å². The van der Waals surface area contributed by atoms with Crippen molar-refractivity contribution in [2.75, 3.05) is 5.75 Å². The minimum absolute atomic E-state index is 0.132. The predicted molar refractivity (Wildman–Crippen MR) is 82.0 cm³/mol. The number of rotatable bonds is 2. The average molecular weight is 378 g/mol. The molecule has 0 bridgehead atoms. The minimum Gasteiger partial charge on any atom is -0.286 e. The van der Waals surface area contributed by atoms with Gasteiger partial charge in [0.2, 0.25) is 20.6 Å². The summed E-state index contributed by atoms with van der Waals surface area (Å²) in [4.78, 5) is -1.05. The van der Waals surface area contributed by atoms with Gasteiger partial charge in [-0.25, -0.2) is 0 Å². The van der Waals surface area contributed by atoms with Crippen molar-refractivity contribution in [3.05, 3.63) is 23.3 Å². The lowest BCUT2D eigenvalue weighted by Gasteiger charge is -2.03. The third-order valence-electron chi connectivity index (χ3n) is 2.15. The van der Waals surface area contributed by atoms with Gasteiger partial charge in [-0.1, -0.05) is 6.92 Å². The van der Waals surface area contributed by atoms with Gasteiger partial charge >= 0.3 is 0 Å². The molecule has 0 unspecified atom stereocenters. The number of allylic oxidation sites excluding steroid dienone is 4. The van der Waals surface area contributed by atoms with Gasteiger partial charge in [0.15, 0.2) is 0 Å². The van der Waals surface area contributed by atoms with Crippen molar-refractivity contribution < 1.29 is 29.8 Å². The fraction of sp³-hybridized carbons (Fsp3) is 0.273. The van der Waals surface area contributed by atoms with Crippen LogP contribution in [0.5, 0.6) is 0 Å². The predicted octanol–water partition coefficient (Wildman–Crippen LogP) is -0.713. The van der Waals surface area contributed by atoms with Crippen molar-refractivity contribution in [3.63, 3.8) is 0 Å². The van der Waals surface area contributed by atoms with Gasteiger partial charge in [-0.05, 0) is 18.6 Å². The maximum absolute atomic E-state index is 10.7. The fourth-order valence-electron chi connectivity index (χ4n) is 1.26. The molecule has 0 heterocycles. The molecule has 0 aromatic heterocycles. The highest BCUT2D eigenvalue weighted by Crippen LogP contribution is 2.13. The highest BCUT2D eigenvalue weighted by atomic mass is 32.2. The molecule has 1 aliphatic rings. The fourth-order valence-corrected chi connectivity index (χ4v) is 3.06. The van der Waals surface area contributed by atoms with Crippen LogP contribution < -0.4 is 0 Å². The maximum Gasteiger partial charge on any atom is 0.264 e. The molecule has 0 fully saturated rings. The molecule has 124 valence electrons. The van der Waals surface area contributed by atoms with Crippen molar-refractivity contribution in [1.82, 2.24) is 0 Å². The Bertz CT molecular complexity index is 928. The molecule has 23 heavy (non-hydrogen) atoms. The van der Waals surface area contributed by atoms with Gasteiger partial charge in [-0.15, -0.1) is 0 Å². The first kappa shape index (κ1) is 20.8. The molecule has 0 saturated carbocycles. The van der Waals surface area contributed by atoms with Crippen molar-refractivity contribution in [2.24, 2.45) is 0 Å². The molecule has 1 N–H and O–H groups in total. The van der Waals surface area contributed by atoms with Crippen LogP contribution in [0.4, 0.5) is 0 Å². The van der Waals surface area contributed by atoms with Crippen LogP contribution in [0.1, 0.15) is 13.3 Å². The molecule has 0 aromatic carbocycles. The summed E-state index contributed by atoms with van der Waals surface area (Å²) in [5, 5.41) is 17.3. The Hall–Kier alpha value is -2.25. The van der Waals surface area contributed by atoms with Crippen molar-refractivity contribution in [2.45, 2.75) is 13.3 Å². The summed E-state index contributed by atoms with van der Waals surface area (Å²) < 4.78 is 70.5. The molecule has 0 aromatic rings. The largest absolute Gasteiger partial charge is 0.286 e. The molecular formula is C11H10N2O7S3. The third kappa shape index (κ3) is 7.03. The first-order valence-corrected chi connectivity index (χ1v) is 9.45. The van der Waals surface area contributed by atoms with E-state index in [1.54, 1.807) is 19.1 Å². The highest BCUT2D eigenvalue weighted by Gasteiger charge is 2.19. The molecule has 1 rings (SSSR count). The maximum atomic E-state index is 10.7. The van der Waals surface area contributed by atoms with Gasteiger partial charge in [0.05, 0.1) is 16.9 Å². The van der Waals surface area contributed by atoms with Crippen molar-refractivity contribution in [3.8, 4) is 12.1 Å². The van der Waals surface area contributed by atoms with Gasteiger partial charge in [-0.3, -0.25) is 4.55 Å². The lowest BCUT2D eigenvalue weighted by atomic mass is 10.00. The van der Waals surface area contributed by atoms with E-state index in [2.05, 4.69) is 0 Å². The zero-order valence-electron chi connectivity index (χ0n) is 11.6. The average Bonchev–Trinajstić information content (AvgIpc) is 2.44. The Kier molecular flexibility index (Phi) is 8.13. The van der Waals surface area contributed by atoms with Gasteiger partial charge in [0, 0.05) is 0 Å². The molecule has 1 aliphatic carbocycles. The van der Waals surface area contributed by atoms with Crippen molar-refractivity contribution >= 4 is 40.4 Å². The number of nitriles is 2. The molecule has 0 aliphatic heterocycles. The Morgan fingerprint density at radius 3 is 1.48 bits per heavy atom. The summed E-state index contributed by atoms with van der Waals surface area (Å²) in [5.41, 5.74) is -0.369. The van der Waals surface area contributed by atoms with Gasteiger partial charge in [0.1, 0.15) is 21.9 Å². The molecule has 0 spiro atoms. The van der Waals surface area contributed by atoms with E-state index in [0.717, 1.165) is 12.2 Å². The summed E-state index contributed by atoms with van der Waals surface area (Å²) in [6.07, 6.45) is 2.18. The molecule has 0 saturated heterocycles. The molecule has 0 amide bonds. The number of hydrogen-bond donors (Lipinski definition) is 1. The van der Waals surface area contributed by atoms with E-state index in [0.29, 0.717) is 6.42 Å². The summed E-state index contributed by atoms with van der Waals surface area (Å²) >= 11 is 0. The Morgan fingerprint density at radius 2 is 1.35 bits per heavy atom. The van der Waals surface area contributed by atoms with E-state index in [-0.39, 0.29) is 16.9 Å². The second-order valence-corrected chi connectivity index (χ2v) is 7.21. The number of hydrogen-bond acceptors (Lipinski definition) is 8. The summed E-state index contributed by atoms with van der Waals surface area (Å²) in [5.74, 6) is -0.132. The molecule has 0 radical (unpaired) electrons. The van der Waals surface area contributed by atoms with E-state index in [9.17, 15) is 25.3 Å². The first-order valence-electron chi connectivity index (χ1n) is 5.69. The lowest BCUT2D eigenvalue weighted by Crippen LogP contribution is -2.17. The topological polar surface area (TPSA) is 170 Å². The SMILES string of the molecule is CCCS(=O)(=O)O.N#CC1=CC(=S(=O)=O)C(=S(=O)=O)C=C1C#N. The van der Waals surface area contributed by atoms with E-state index in [1.165, 1.54) is 0 Å². The smallest absolute Gasteiger partial charge is 0.264 e. The highest BCUT2D eigenvalue weighted by molar-refractivity contribution is 7.85. The monoisotopic (exact) mass is 378 g/mol. The second-order valence-electron chi connectivity index (χ2n) is 3.82. The van der Waals surface area contributed by atoms with Gasteiger partial charge < -0.3 is 0 Å². The molecule has 9 nitrogen and oxygen atoms in total. The minimum atomic E-state index is -3.67. The summed E-state index contributed by atoms with van der Waals surface area (Å²) in [7, 11) is -9.25. The third-order valence-corrected chi connectivity index (χ3v) is 4.59. The van der Waals surface area contributed by atoms with Crippen LogP contribution in [0, 0.1) is 22.7 Å². The Balaban J connectivity index is 0.000000585. The quantitative estimate of drug-likeness (QED) is 0.481. The standard InChI is InChI=1S/C8H2N2O4S2.C3H8O3S/c9-3-5-1-7(15(11)12)8(16(13)14)2-6(5)4-10;1-2-3-7(4,5)6/h1-2H;2-3H2,1H3,(H,4,5,6). The van der Waals surface area contributed by atoms with Crippen molar-refractivity contribution in [1.29, 1.82) is 10.5 Å². The van der Waals surface area contributed by atoms with Crippen LogP contribution in [0.2, 0.25) is 0 Å². The Labute approximate surface area is 135 Å². The van der Waals surface area contributed by atoms with E-state index in [4.69, 9.17) is 15.1 Å². The molecule has 12 heteroatoms. The van der Waals surface area contributed by atoms with E-state index < -0.39 is 40.4 Å². The first-order chi connectivity index (χ1) is 10.6. The zero-order chi connectivity index (χ0) is 18.2. The van der Waals surface area contributed by atoms with Crippen LogP contribution in [0.3, 0.4) is 0 Å². The normalized spacial score (nSPS) is 13.6. The molecule has 0 atom stereocenters.